The summed E-state index contributed by atoms with van der Waals surface area (Å²) in [5.74, 6) is 0.329. The number of carbonyl (C=O) groups is 1. The lowest BCUT2D eigenvalue weighted by atomic mass is 9.75. The molecule has 2 N–H and O–H groups in total. The van der Waals surface area contributed by atoms with Crippen LogP contribution in [0, 0.1) is 5.92 Å². The summed E-state index contributed by atoms with van der Waals surface area (Å²) in [6.07, 6.45) is 13.2. The van der Waals surface area contributed by atoms with Crippen LogP contribution < -0.4 is 5.32 Å². The zero-order valence-corrected chi connectivity index (χ0v) is 20.2. The van der Waals surface area contributed by atoms with Crippen LogP contribution in [0.5, 0.6) is 0 Å². The van der Waals surface area contributed by atoms with E-state index in [0.717, 1.165) is 75.6 Å². The first kappa shape index (κ1) is 22.9. The SMILES string of the molecule is O=C(NC1CCC(O)CC1)C(c1c2c(nn1-c1ccc(Cl)cc1)CCCC2)C1CCCCC1. The van der Waals surface area contributed by atoms with Crippen LogP contribution in [0.15, 0.2) is 24.3 Å². The van der Waals surface area contributed by atoms with E-state index in [9.17, 15) is 9.90 Å². The molecule has 33 heavy (non-hydrogen) atoms. The van der Waals surface area contributed by atoms with Crippen molar-refractivity contribution in [3.8, 4) is 5.69 Å². The highest BCUT2D eigenvalue weighted by Gasteiger charge is 2.38. The lowest BCUT2D eigenvalue weighted by molar-refractivity contribution is -0.125. The maximum Gasteiger partial charge on any atom is 0.229 e. The van der Waals surface area contributed by atoms with E-state index in [-0.39, 0.29) is 24.0 Å². The van der Waals surface area contributed by atoms with E-state index in [1.54, 1.807) is 0 Å². The Kier molecular flexibility index (Phi) is 7.07. The normalized spacial score (nSPS) is 24.8. The Morgan fingerprint density at radius 2 is 1.67 bits per heavy atom. The van der Waals surface area contributed by atoms with E-state index in [1.807, 2.05) is 24.3 Å². The summed E-state index contributed by atoms with van der Waals surface area (Å²) in [5, 5.41) is 19.1. The molecule has 3 aliphatic rings. The van der Waals surface area contributed by atoms with Crippen molar-refractivity contribution in [3.63, 3.8) is 0 Å². The van der Waals surface area contributed by atoms with Gasteiger partial charge in [0.25, 0.3) is 0 Å². The molecule has 6 heteroatoms. The van der Waals surface area contributed by atoms with Crippen molar-refractivity contribution in [1.29, 1.82) is 0 Å². The molecule has 1 aromatic heterocycles. The topological polar surface area (TPSA) is 67.2 Å². The predicted molar refractivity (Wildman–Crippen MR) is 131 cm³/mol. The van der Waals surface area contributed by atoms with Crippen LogP contribution in [-0.2, 0) is 17.6 Å². The molecule has 0 saturated heterocycles. The molecule has 5 rings (SSSR count). The standard InChI is InChI=1S/C27H36ClN3O2/c28-19-10-14-21(15-11-19)31-26(23-8-4-5-9-24(23)30-31)25(18-6-2-1-3-7-18)27(33)29-20-12-16-22(32)17-13-20/h10-11,14-15,18,20,22,25,32H,1-9,12-13,16-17H2,(H,29,33). The average Bonchev–Trinajstić information content (AvgIpc) is 3.21. The Hall–Kier alpha value is -1.85. The van der Waals surface area contributed by atoms with Crippen molar-refractivity contribution in [1.82, 2.24) is 15.1 Å². The number of aliphatic hydroxyl groups is 1. The molecule has 3 aliphatic carbocycles. The number of amides is 1. The molecule has 2 fully saturated rings. The predicted octanol–water partition coefficient (Wildman–Crippen LogP) is 5.49. The number of hydrogen-bond donors (Lipinski definition) is 2. The molecular formula is C27H36ClN3O2. The largest absolute Gasteiger partial charge is 0.393 e. The van der Waals surface area contributed by atoms with Gasteiger partial charge in [0, 0.05) is 11.1 Å². The second-order valence-corrected chi connectivity index (χ2v) is 10.7. The molecule has 0 radical (unpaired) electrons. The molecular weight excluding hydrogens is 434 g/mol. The molecule has 1 aromatic carbocycles. The van der Waals surface area contributed by atoms with Crippen molar-refractivity contribution in [2.45, 2.75) is 102 Å². The number of rotatable bonds is 5. The summed E-state index contributed by atoms with van der Waals surface area (Å²) in [6.45, 7) is 0. The van der Waals surface area contributed by atoms with Crippen LogP contribution in [0.25, 0.3) is 5.69 Å². The number of aliphatic hydroxyl groups excluding tert-OH is 1. The number of aromatic nitrogens is 2. The highest BCUT2D eigenvalue weighted by atomic mass is 35.5. The van der Waals surface area contributed by atoms with E-state index in [2.05, 4.69) is 10.00 Å². The molecule has 0 spiro atoms. The molecule has 2 saturated carbocycles. The van der Waals surface area contributed by atoms with Gasteiger partial charge in [0.2, 0.25) is 5.91 Å². The van der Waals surface area contributed by atoms with Crippen LogP contribution in [-0.4, -0.2) is 32.9 Å². The minimum Gasteiger partial charge on any atom is -0.393 e. The Bertz CT molecular complexity index is 956. The number of aryl methyl sites for hydroxylation is 1. The van der Waals surface area contributed by atoms with Crippen molar-refractivity contribution in [2.24, 2.45) is 5.92 Å². The average molecular weight is 470 g/mol. The summed E-state index contributed by atoms with van der Waals surface area (Å²) >= 11 is 6.18. The molecule has 178 valence electrons. The van der Waals surface area contributed by atoms with Gasteiger partial charge in [-0.25, -0.2) is 4.68 Å². The molecule has 2 aromatic rings. The highest BCUT2D eigenvalue weighted by molar-refractivity contribution is 6.30. The van der Waals surface area contributed by atoms with Gasteiger partial charge in [0.15, 0.2) is 0 Å². The summed E-state index contributed by atoms with van der Waals surface area (Å²) in [4.78, 5) is 14.0. The molecule has 0 aliphatic heterocycles. The van der Waals surface area contributed by atoms with E-state index >= 15 is 0 Å². The van der Waals surface area contributed by atoms with Crippen molar-refractivity contribution in [3.05, 3.63) is 46.2 Å². The third-order valence-electron chi connectivity index (χ3n) is 8.01. The molecule has 1 amide bonds. The number of nitrogens with zero attached hydrogens (tertiary/aromatic N) is 2. The first-order chi connectivity index (χ1) is 16.1. The van der Waals surface area contributed by atoms with Crippen LogP contribution in [0.3, 0.4) is 0 Å². The van der Waals surface area contributed by atoms with Crippen LogP contribution >= 0.6 is 11.6 Å². The minimum atomic E-state index is -0.217. The van der Waals surface area contributed by atoms with E-state index in [0.29, 0.717) is 10.9 Å². The molecule has 1 heterocycles. The second-order valence-electron chi connectivity index (χ2n) is 10.3. The van der Waals surface area contributed by atoms with Gasteiger partial charge in [0.1, 0.15) is 0 Å². The fourth-order valence-electron chi connectivity index (χ4n) is 6.22. The highest BCUT2D eigenvalue weighted by Crippen LogP contribution is 2.41. The summed E-state index contributed by atoms with van der Waals surface area (Å²) in [6, 6.07) is 8.01. The number of fused-ring (bicyclic) bond motifs is 1. The molecule has 0 bridgehead atoms. The Morgan fingerprint density at radius 1 is 0.970 bits per heavy atom. The first-order valence-corrected chi connectivity index (χ1v) is 13.3. The number of halogens is 1. The van der Waals surface area contributed by atoms with Gasteiger partial charge >= 0.3 is 0 Å². The summed E-state index contributed by atoms with van der Waals surface area (Å²) < 4.78 is 2.07. The van der Waals surface area contributed by atoms with E-state index in [1.165, 1.54) is 30.5 Å². The minimum absolute atomic E-state index is 0.159. The van der Waals surface area contributed by atoms with Crippen molar-refractivity contribution in [2.75, 3.05) is 0 Å². The fourth-order valence-corrected chi connectivity index (χ4v) is 6.34. The second kappa shape index (κ2) is 10.2. The Labute approximate surface area is 201 Å². The van der Waals surface area contributed by atoms with Gasteiger partial charge in [0.05, 0.1) is 29.1 Å². The van der Waals surface area contributed by atoms with Gasteiger partial charge in [-0.2, -0.15) is 5.10 Å². The fraction of sp³-hybridized carbons (Fsp3) is 0.630. The molecule has 5 nitrogen and oxygen atoms in total. The lowest BCUT2D eigenvalue weighted by Crippen LogP contribution is -2.43. The first-order valence-electron chi connectivity index (χ1n) is 12.9. The summed E-state index contributed by atoms with van der Waals surface area (Å²) in [5.41, 5.74) is 4.58. The number of benzene rings is 1. The van der Waals surface area contributed by atoms with E-state index < -0.39 is 0 Å². The quantitative estimate of drug-likeness (QED) is 0.608. The van der Waals surface area contributed by atoms with Crippen molar-refractivity contribution < 1.29 is 9.90 Å². The smallest absolute Gasteiger partial charge is 0.229 e. The zero-order chi connectivity index (χ0) is 22.8. The Morgan fingerprint density at radius 3 is 2.39 bits per heavy atom. The third kappa shape index (κ3) is 5.00. The lowest BCUT2D eigenvalue weighted by Gasteiger charge is -2.33. The van der Waals surface area contributed by atoms with Crippen LogP contribution in [0.2, 0.25) is 5.02 Å². The van der Waals surface area contributed by atoms with Crippen molar-refractivity contribution >= 4 is 17.5 Å². The zero-order valence-electron chi connectivity index (χ0n) is 19.4. The van der Waals surface area contributed by atoms with Gasteiger partial charge in [-0.15, -0.1) is 0 Å². The maximum absolute atomic E-state index is 14.0. The van der Waals surface area contributed by atoms with Crippen LogP contribution in [0.4, 0.5) is 0 Å². The van der Waals surface area contributed by atoms with Crippen LogP contribution in [0.1, 0.15) is 93.5 Å². The van der Waals surface area contributed by atoms with Gasteiger partial charge < -0.3 is 10.4 Å². The third-order valence-corrected chi connectivity index (χ3v) is 8.26. The Balaban J connectivity index is 1.54. The van der Waals surface area contributed by atoms with E-state index in [4.69, 9.17) is 16.7 Å². The molecule has 1 unspecified atom stereocenters. The monoisotopic (exact) mass is 469 g/mol. The van der Waals surface area contributed by atoms with Gasteiger partial charge in [-0.1, -0.05) is 30.9 Å². The van der Waals surface area contributed by atoms with Gasteiger partial charge in [-0.05, 0) is 100.0 Å². The number of carbonyl (C=O) groups excluding carboxylic acids is 1. The summed E-state index contributed by atoms with van der Waals surface area (Å²) in [7, 11) is 0. The maximum atomic E-state index is 14.0. The van der Waals surface area contributed by atoms with Gasteiger partial charge in [-0.3, -0.25) is 4.79 Å². The molecule has 1 atom stereocenters. The number of hydrogen-bond acceptors (Lipinski definition) is 3. The number of nitrogens with one attached hydrogen (secondary N) is 1.